The summed E-state index contributed by atoms with van der Waals surface area (Å²) in [5.74, 6) is -3.10. The lowest BCUT2D eigenvalue weighted by molar-refractivity contribution is 0.0891. The van der Waals surface area contributed by atoms with Crippen molar-refractivity contribution < 1.29 is 32.6 Å². The first kappa shape index (κ1) is 32.3. The molecular weight excluding hydrogens is 614 g/mol. The number of carbonyl (C=O) groups is 2. The van der Waals surface area contributed by atoms with Crippen LogP contribution in [0.3, 0.4) is 0 Å². The first-order chi connectivity index (χ1) is 22.0. The molecule has 14 heteroatoms. The first-order valence-corrected chi connectivity index (χ1v) is 18.2. The van der Waals surface area contributed by atoms with E-state index in [0.717, 1.165) is 23.9 Å². The van der Waals surface area contributed by atoms with Crippen molar-refractivity contribution in [2.45, 2.75) is 39.0 Å². The van der Waals surface area contributed by atoms with Crippen LogP contribution in [0.2, 0.25) is 25.7 Å². The third-order valence-corrected chi connectivity index (χ3v) is 8.65. The maximum Gasteiger partial charge on any atom is 0.417 e. The normalized spacial score (nSPS) is 11.4. The molecule has 0 spiro atoms. The first-order valence-electron chi connectivity index (χ1n) is 14.5. The Balaban J connectivity index is 1.41. The number of pyridine rings is 1. The Hall–Kier alpha value is -5.08. The maximum atomic E-state index is 15.3. The number of fused-ring (bicyclic) bond motifs is 1. The molecule has 0 atom stereocenters. The van der Waals surface area contributed by atoms with E-state index in [1.165, 1.54) is 12.3 Å². The number of para-hydroxylation sites is 1. The van der Waals surface area contributed by atoms with Crippen LogP contribution in [0.5, 0.6) is 17.2 Å². The third kappa shape index (κ3) is 7.95. The van der Waals surface area contributed by atoms with E-state index in [9.17, 15) is 9.59 Å². The molecule has 240 valence electrons. The Morgan fingerprint density at radius 3 is 2.46 bits per heavy atom. The molecule has 0 fully saturated rings. The molecule has 2 amide bonds. The average Bonchev–Trinajstić information content (AvgIpc) is 3.59. The molecule has 0 bridgehead atoms. The van der Waals surface area contributed by atoms with Crippen molar-refractivity contribution in [1.82, 2.24) is 24.4 Å². The van der Waals surface area contributed by atoms with Crippen molar-refractivity contribution in [2.24, 2.45) is 7.05 Å². The fraction of sp³-hybridized carbons (Fsp3) is 0.250. The zero-order chi connectivity index (χ0) is 32.8. The number of hydrogen-bond acceptors (Lipinski definition) is 7. The molecule has 0 saturated heterocycles. The van der Waals surface area contributed by atoms with Crippen LogP contribution in [-0.4, -0.2) is 45.8 Å². The minimum atomic E-state index is -1.34. The van der Waals surface area contributed by atoms with Crippen LogP contribution in [-0.2, 0) is 25.1 Å². The number of aromatic nitrogens is 4. The van der Waals surface area contributed by atoms with Crippen LogP contribution in [0, 0.1) is 11.6 Å². The quantitative estimate of drug-likeness (QED) is 0.114. The van der Waals surface area contributed by atoms with Crippen molar-refractivity contribution in [3.63, 3.8) is 0 Å². The summed E-state index contributed by atoms with van der Waals surface area (Å²) in [5.41, 5.74) is 1.10. The number of amides is 2. The van der Waals surface area contributed by atoms with E-state index in [4.69, 9.17) is 14.2 Å². The van der Waals surface area contributed by atoms with Gasteiger partial charge in [-0.05, 0) is 24.2 Å². The van der Waals surface area contributed by atoms with Crippen LogP contribution in [0.1, 0.15) is 16.1 Å². The highest BCUT2D eigenvalue weighted by Gasteiger charge is 2.23. The molecule has 0 aliphatic rings. The Morgan fingerprint density at radius 2 is 1.78 bits per heavy atom. The number of nitrogens with one attached hydrogen (secondary N) is 2. The lowest BCUT2D eigenvalue weighted by Crippen LogP contribution is -2.23. The average molecular weight is 649 g/mol. The Morgan fingerprint density at radius 1 is 1.04 bits per heavy atom. The molecule has 11 nitrogen and oxygen atoms in total. The minimum Gasteiger partial charge on any atom is -0.450 e. The van der Waals surface area contributed by atoms with Gasteiger partial charge in [0, 0.05) is 52.5 Å². The van der Waals surface area contributed by atoms with E-state index in [2.05, 4.69) is 40.2 Å². The fourth-order valence-electron chi connectivity index (χ4n) is 4.48. The molecule has 46 heavy (non-hydrogen) atoms. The summed E-state index contributed by atoms with van der Waals surface area (Å²) in [6, 6.07) is 12.4. The molecule has 5 aromatic rings. The molecule has 5 rings (SSSR count). The fourth-order valence-corrected chi connectivity index (χ4v) is 5.24. The van der Waals surface area contributed by atoms with Crippen molar-refractivity contribution in [3.05, 3.63) is 96.3 Å². The Labute approximate surface area is 265 Å². The number of rotatable bonds is 12. The van der Waals surface area contributed by atoms with E-state index in [0.29, 0.717) is 12.3 Å². The van der Waals surface area contributed by atoms with E-state index in [1.807, 2.05) is 7.05 Å². The lowest BCUT2D eigenvalue weighted by Gasteiger charge is -2.15. The summed E-state index contributed by atoms with van der Waals surface area (Å²) in [4.78, 5) is 34.2. The van der Waals surface area contributed by atoms with Crippen molar-refractivity contribution in [3.8, 4) is 17.2 Å². The highest BCUT2D eigenvalue weighted by Crippen LogP contribution is 2.36. The zero-order valence-electron chi connectivity index (χ0n) is 25.8. The summed E-state index contributed by atoms with van der Waals surface area (Å²) in [6.45, 7) is 7.56. The number of ether oxygens (including phenoxy) is 3. The number of halogens is 2. The highest BCUT2D eigenvalue weighted by atomic mass is 28.3. The van der Waals surface area contributed by atoms with Gasteiger partial charge in [0.2, 0.25) is 0 Å². The van der Waals surface area contributed by atoms with Crippen LogP contribution in [0.15, 0.2) is 73.4 Å². The van der Waals surface area contributed by atoms with Gasteiger partial charge in [-0.2, -0.15) is 0 Å². The molecule has 3 aromatic heterocycles. The molecule has 0 radical (unpaired) electrons. The molecule has 0 aliphatic carbocycles. The summed E-state index contributed by atoms with van der Waals surface area (Å²) >= 11 is 0. The topological polar surface area (TPSA) is 122 Å². The number of anilines is 1. The standard InChI is InChI=1S/C32H34F2N6O5Si/c1-39-19-35-16-22(39)17-37-31(41)24-18-40(20-43-12-13-46(2,3)4)30-28(24)27(10-11-36-30)45-29-25(33)14-21(15-26(29)34)38-32(42)44-23-8-6-5-7-9-23/h5-11,14-16,18-19H,12-13,17,20H2,1-4H3,(H,37,41)(H,38,42). The summed E-state index contributed by atoms with van der Waals surface area (Å²) in [7, 11) is 0.470. The summed E-state index contributed by atoms with van der Waals surface area (Å²) in [6.07, 6.45) is 5.33. The van der Waals surface area contributed by atoms with Gasteiger partial charge in [0.1, 0.15) is 23.9 Å². The van der Waals surface area contributed by atoms with Gasteiger partial charge in [0.05, 0.1) is 35.2 Å². The van der Waals surface area contributed by atoms with E-state index in [-0.39, 0.29) is 41.4 Å². The summed E-state index contributed by atoms with van der Waals surface area (Å²) < 4.78 is 50.8. The van der Waals surface area contributed by atoms with Crippen molar-refractivity contribution in [2.75, 3.05) is 11.9 Å². The third-order valence-electron chi connectivity index (χ3n) is 6.95. The lowest BCUT2D eigenvalue weighted by atomic mass is 10.2. The van der Waals surface area contributed by atoms with Crippen LogP contribution in [0.25, 0.3) is 11.0 Å². The van der Waals surface area contributed by atoms with Gasteiger partial charge in [-0.25, -0.2) is 23.5 Å². The van der Waals surface area contributed by atoms with Crippen LogP contribution in [0.4, 0.5) is 19.3 Å². The SMILES string of the molecule is Cn1cncc1CNC(=O)c1cn(COCC[Si](C)(C)C)c2nccc(Oc3c(F)cc(NC(=O)Oc4ccccc4)cc3F)c12. The van der Waals surface area contributed by atoms with Gasteiger partial charge in [-0.3, -0.25) is 10.1 Å². The number of nitrogens with zero attached hydrogens (tertiary/aromatic N) is 4. The van der Waals surface area contributed by atoms with Gasteiger partial charge < -0.3 is 28.7 Å². The number of hydrogen-bond donors (Lipinski definition) is 2. The van der Waals surface area contributed by atoms with Crippen LogP contribution >= 0.6 is 0 Å². The van der Waals surface area contributed by atoms with Crippen molar-refractivity contribution >= 4 is 36.8 Å². The maximum absolute atomic E-state index is 15.3. The van der Waals surface area contributed by atoms with Crippen molar-refractivity contribution in [1.29, 1.82) is 0 Å². The second-order valence-electron chi connectivity index (χ2n) is 11.7. The summed E-state index contributed by atoms with van der Waals surface area (Å²) in [5, 5.41) is 5.40. The van der Waals surface area contributed by atoms with Crippen LogP contribution < -0.4 is 20.1 Å². The predicted molar refractivity (Wildman–Crippen MR) is 171 cm³/mol. The largest absolute Gasteiger partial charge is 0.450 e. The Bertz CT molecular complexity index is 1830. The molecule has 3 heterocycles. The molecule has 0 saturated carbocycles. The highest BCUT2D eigenvalue weighted by molar-refractivity contribution is 6.76. The van der Waals surface area contributed by atoms with Gasteiger partial charge >= 0.3 is 6.09 Å². The molecule has 2 N–H and O–H groups in total. The Kier molecular flexibility index (Phi) is 9.77. The van der Waals surface area contributed by atoms with E-state index >= 15 is 8.78 Å². The number of carbonyl (C=O) groups excluding carboxylic acids is 2. The van der Waals surface area contributed by atoms with E-state index < -0.39 is 37.5 Å². The van der Waals surface area contributed by atoms with E-state index in [1.54, 1.807) is 58.2 Å². The number of benzene rings is 2. The van der Waals surface area contributed by atoms with Gasteiger partial charge in [-0.15, -0.1) is 0 Å². The molecular formula is C32H34F2N6O5Si. The molecule has 0 unspecified atom stereocenters. The molecule has 0 aliphatic heterocycles. The zero-order valence-corrected chi connectivity index (χ0v) is 26.8. The second kappa shape index (κ2) is 13.9. The smallest absolute Gasteiger partial charge is 0.417 e. The predicted octanol–water partition coefficient (Wildman–Crippen LogP) is 6.69. The molecule has 2 aromatic carbocycles. The minimum absolute atomic E-state index is 0.00136. The second-order valence-corrected chi connectivity index (χ2v) is 17.4. The van der Waals surface area contributed by atoms with Gasteiger partial charge in [0.15, 0.2) is 17.4 Å². The monoisotopic (exact) mass is 648 g/mol. The number of aryl methyl sites for hydroxylation is 1. The number of imidazole rings is 1. The van der Waals surface area contributed by atoms with Gasteiger partial charge in [0.25, 0.3) is 5.91 Å². The van der Waals surface area contributed by atoms with Gasteiger partial charge in [-0.1, -0.05) is 37.8 Å².